The molecule has 0 saturated heterocycles. The topological polar surface area (TPSA) is 77.2 Å². The second-order valence-corrected chi connectivity index (χ2v) is 7.48. The number of nitrogens with one attached hydrogen (secondary N) is 1. The molecule has 0 aliphatic heterocycles. The highest BCUT2D eigenvalue weighted by atomic mass is 35.5. The van der Waals surface area contributed by atoms with E-state index in [9.17, 15) is 4.79 Å². The molecular formula is C20H16ClN3O3S. The third-order valence-corrected chi connectivity index (χ3v) is 5.27. The molecule has 0 unspecified atom stereocenters. The SMILES string of the molecule is CCOc1ccc2nc(NC(=O)c3c(C)noc3-c3ccc(Cl)cc3)sc2c1. The monoisotopic (exact) mass is 413 g/mol. The summed E-state index contributed by atoms with van der Waals surface area (Å²) >= 11 is 7.32. The van der Waals surface area contributed by atoms with Crippen LogP contribution in [0.5, 0.6) is 5.75 Å². The number of nitrogens with zero attached hydrogens (tertiary/aromatic N) is 2. The van der Waals surface area contributed by atoms with Crippen molar-refractivity contribution in [3.63, 3.8) is 0 Å². The van der Waals surface area contributed by atoms with Crippen LogP contribution in [0.1, 0.15) is 23.0 Å². The molecule has 2 aromatic carbocycles. The lowest BCUT2D eigenvalue weighted by Crippen LogP contribution is -2.13. The molecule has 8 heteroatoms. The van der Waals surface area contributed by atoms with Crippen molar-refractivity contribution < 1.29 is 14.1 Å². The minimum absolute atomic E-state index is 0.326. The van der Waals surface area contributed by atoms with Gasteiger partial charge in [0, 0.05) is 10.6 Å². The van der Waals surface area contributed by atoms with E-state index in [4.69, 9.17) is 20.9 Å². The maximum atomic E-state index is 12.9. The molecule has 0 atom stereocenters. The minimum atomic E-state index is -0.326. The van der Waals surface area contributed by atoms with Gasteiger partial charge < -0.3 is 9.26 Å². The van der Waals surface area contributed by atoms with Gasteiger partial charge in [-0.2, -0.15) is 0 Å². The summed E-state index contributed by atoms with van der Waals surface area (Å²) in [5.74, 6) is 0.843. The molecule has 142 valence electrons. The first-order valence-electron chi connectivity index (χ1n) is 8.62. The quantitative estimate of drug-likeness (QED) is 0.463. The third kappa shape index (κ3) is 3.58. The van der Waals surface area contributed by atoms with Crippen LogP contribution in [-0.2, 0) is 0 Å². The van der Waals surface area contributed by atoms with Crippen molar-refractivity contribution in [2.75, 3.05) is 11.9 Å². The van der Waals surface area contributed by atoms with Gasteiger partial charge in [0.25, 0.3) is 5.91 Å². The summed E-state index contributed by atoms with van der Waals surface area (Å²) in [5, 5.41) is 7.90. The largest absolute Gasteiger partial charge is 0.494 e. The van der Waals surface area contributed by atoms with E-state index in [1.807, 2.05) is 25.1 Å². The van der Waals surface area contributed by atoms with Crippen molar-refractivity contribution in [2.45, 2.75) is 13.8 Å². The second kappa shape index (κ2) is 7.61. The van der Waals surface area contributed by atoms with Crippen molar-refractivity contribution in [3.05, 3.63) is 58.7 Å². The van der Waals surface area contributed by atoms with Gasteiger partial charge in [-0.25, -0.2) is 4.98 Å². The first-order valence-corrected chi connectivity index (χ1v) is 9.81. The first-order chi connectivity index (χ1) is 13.5. The van der Waals surface area contributed by atoms with Crippen LogP contribution in [0.2, 0.25) is 5.02 Å². The zero-order valence-electron chi connectivity index (χ0n) is 15.2. The Kier molecular flexibility index (Phi) is 5.02. The van der Waals surface area contributed by atoms with E-state index in [2.05, 4.69) is 15.5 Å². The van der Waals surface area contributed by atoms with Crippen molar-refractivity contribution in [1.29, 1.82) is 0 Å². The van der Waals surface area contributed by atoms with Crippen molar-refractivity contribution in [1.82, 2.24) is 10.1 Å². The molecule has 1 N–H and O–H groups in total. The fraction of sp³-hybridized carbons (Fsp3) is 0.150. The Morgan fingerprint density at radius 2 is 2.04 bits per heavy atom. The smallest absolute Gasteiger partial charge is 0.263 e. The second-order valence-electron chi connectivity index (χ2n) is 6.01. The zero-order valence-corrected chi connectivity index (χ0v) is 16.7. The van der Waals surface area contributed by atoms with E-state index >= 15 is 0 Å². The summed E-state index contributed by atoms with van der Waals surface area (Å²) in [5.41, 5.74) is 2.39. The van der Waals surface area contributed by atoms with E-state index < -0.39 is 0 Å². The van der Waals surface area contributed by atoms with Gasteiger partial charge in [0.15, 0.2) is 10.9 Å². The van der Waals surface area contributed by atoms with Crippen LogP contribution in [0.15, 0.2) is 47.0 Å². The van der Waals surface area contributed by atoms with Gasteiger partial charge in [0.2, 0.25) is 0 Å². The number of amides is 1. The number of carbonyl (C=O) groups excluding carboxylic acids is 1. The molecule has 0 radical (unpaired) electrons. The van der Waals surface area contributed by atoms with Crippen LogP contribution < -0.4 is 10.1 Å². The highest BCUT2D eigenvalue weighted by Gasteiger charge is 2.23. The standard InChI is InChI=1S/C20H16ClN3O3S/c1-3-26-14-8-9-15-16(10-14)28-20(22-15)23-19(25)17-11(2)24-27-18(17)12-4-6-13(21)7-5-12/h4-10H,3H2,1-2H3,(H,22,23,25). The molecule has 0 saturated carbocycles. The average Bonchev–Trinajstić information content (AvgIpc) is 3.25. The van der Waals surface area contributed by atoms with Gasteiger partial charge in [-0.05, 0) is 56.3 Å². The number of hydrogen-bond acceptors (Lipinski definition) is 6. The summed E-state index contributed by atoms with van der Waals surface area (Å²) in [4.78, 5) is 17.4. The van der Waals surface area contributed by atoms with E-state index in [1.54, 1.807) is 31.2 Å². The zero-order chi connectivity index (χ0) is 19.7. The molecule has 6 nitrogen and oxygen atoms in total. The fourth-order valence-electron chi connectivity index (χ4n) is 2.81. The lowest BCUT2D eigenvalue weighted by molar-refractivity contribution is 0.102. The van der Waals surface area contributed by atoms with Gasteiger partial charge in [-0.15, -0.1) is 0 Å². The Balaban J connectivity index is 1.63. The summed E-state index contributed by atoms with van der Waals surface area (Å²) in [6.45, 7) is 4.25. The van der Waals surface area contributed by atoms with Crippen molar-refractivity contribution in [3.8, 4) is 17.1 Å². The molecule has 0 aliphatic carbocycles. The lowest BCUT2D eigenvalue weighted by atomic mass is 10.1. The number of anilines is 1. The predicted octanol–water partition coefficient (Wildman–Crippen LogP) is 5.56. The molecule has 0 spiro atoms. The number of fused-ring (bicyclic) bond motifs is 1. The van der Waals surface area contributed by atoms with Crippen molar-refractivity contribution >= 4 is 44.2 Å². The van der Waals surface area contributed by atoms with Gasteiger partial charge in [0.1, 0.15) is 11.3 Å². The Labute approximate surface area is 170 Å². The summed E-state index contributed by atoms with van der Waals surface area (Å²) in [7, 11) is 0. The number of hydrogen-bond donors (Lipinski definition) is 1. The Morgan fingerprint density at radius 3 is 2.79 bits per heavy atom. The summed E-state index contributed by atoms with van der Waals surface area (Å²) in [6.07, 6.45) is 0. The van der Waals surface area contributed by atoms with Gasteiger partial charge in [0.05, 0.1) is 22.5 Å². The van der Waals surface area contributed by atoms with E-state index in [0.29, 0.717) is 33.8 Å². The van der Waals surface area contributed by atoms with Crippen LogP contribution in [0.4, 0.5) is 5.13 Å². The number of halogens is 1. The van der Waals surface area contributed by atoms with Crippen molar-refractivity contribution in [2.24, 2.45) is 0 Å². The lowest BCUT2D eigenvalue weighted by Gasteiger charge is -2.03. The molecule has 4 rings (SSSR count). The first kappa shape index (κ1) is 18.5. The molecule has 4 aromatic rings. The van der Waals surface area contributed by atoms with Crippen LogP contribution in [0, 0.1) is 6.92 Å². The summed E-state index contributed by atoms with van der Waals surface area (Å²) < 4.78 is 11.8. The molecule has 2 heterocycles. The highest BCUT2D eigenvalue weighted by molar-refractivity contribution is 7.22. The van der Waals surface area contributed by atoms with Crippen LogP contribution >= 0.6 is 22.9 Å². The Morgan fingerprint density at radius 1 is 1.25 bits per heavy atom. The number of carbonyl (C=O) groups is 1. The van der Waals surface area contributed by atoms with Crippen LogP contribution in [-0.4, -0.2) is 22.7 Å². The number of aryl methyl sites for hydroxylation is 1. The Hall–Kier alpha value is -2.90. The summed E-state index contributed by atoms with van der Waals surface area (Å²) in [6, 6.07) is 12.7. The van der Waals surface area contributed by atoms with Crippen LogP contribution in [0.3, 0.4) is 0 Å². The van der Waals surface area contributed by atoms with E-state index in [0.717, 1.165) is 21.5 Å². The molecule has 0 aliphatic rings. The van der Waals surface area contributed by atoms with Gasteiger partial charge in [-0.1, -0.05) is 28.1 Å². The highest BCUT2D eigenvalue weighted by Crippen LogP contribution is 2.31. The minimum Gasteiger partial charge on any atom is -0.494 e. The van der Waals surface area contributed by atoms with Crippen LogP contribution in [0.25, 0.3) is 21.5 Å². The van der Waals surface area contributed by atoms with E-state index in [-0.39, 0.29) is 5.91 Å². The molecule has 1 amide bonds. The predicted molar refractivity (Wildman–Crippen MR) is 110 cm³/mol. The third-order valence-electron chi connectivity index (χ3n) is 4.09. The van der Waals surface area contributed by atoms with E-state index in [1.165, 1.54) is 11.3 Å². The molecule has 0 fully saturated rings. The maximum Gasteiger partial charge on any atom is 0.263 e. The van der Waals surface area contributed by atoms with Gasteiger partial charge in [-0.3, -0.25) is 10.1 Å². The molecule has 0 bridgehead atoms. The number of thiazole rings is 1. The van der Waals surface area contributed by atoms with Gasteiger partial charge >= 0.3 is 0 Å². The normalized spacial score (nSPS) is 11.0. The average molecular weight is 414 g/mol. The number of ether oxygens (including phenoxy) is 1. The molecule has 2 aromatic heterocycles. The number of benzene rings is 2. The Bertz CT molecular complexity index is 1150. The molecule has 28 heavy (non-hydrogen) atoms. The maximum absolute atomic E-state index is 12.9. The fourth-order valence-corrected chi connectivity index (χ4v) is 3.83. The number of aromatic nitrogens is 2. The number of rotatable bonds is 5. The molecular weight excluding hydrogens is 398 g/mol.